The molecular formula is C20H27NO4. The third-order valence-electron chi connectivity index (χ3n) is 6.00. The number of carbonyl (C=O) groups excluding carboxylic acids is 1. The summed E-state index contributed by atoms with van der Waals surface area (Å²) in [6.07, 6.45) is 5.21. The Morgan fingerprint density at radius 3 is 2.64 bits per heavy atom. The summed E-state index contributed by atoms with van der Waals surface area (Å²) in [6, 6.07) is 9.18. The molecule has 1 aromatic rings. The molecule has 2 aliphatic carbocycles. The van der Waals surface area contributed by atoms with Crippen LogP contribution >= 0.6 is 0 Å². The van der Waals surface area contributed by atoms with E-state index in [-0.39, 0.29) is 12.3 Å². The summed E-state index contributed by atoms with van der Waals surface area (Å²) in [5.41, 5.74) is 0.680. The van der Waals surface area contributed by atoms with Crippen molar-refractivity contribution in [3.63, 3.8) is 0 Å². The summed E-state index contributed by atoms with van der Waals surface area (Å²) in [5.74, 6) is -0.133. The molecule has 0 radical (unpaired) electrons. The van der Waals surface area contributed by atoms with E-state index in [1.165, 1.54) is 13.5 Å². The maximum absolute atomic E-state index is 13.2. The lowest BCUT2D eigenvalue weighted by molar-refractivity contribution is -0.145. The number of carboxylic acids is 1. The van der Waals surface area contributed by atoms with Crippen molar-refractivity contribution in [2.75, 3.05) is 13.7 Å². The maximum Gasteiger partial charge on any atom is 0.326 e. The Bertz CT molecular complexity index is 617. The Labute approximate surface area is 148 Å². The third-order valence-corrected chi connectivity index (χ3v) is 6.00. The number of rotatable bonds is 8. The van der Waals surface area contributed by atoms with Gasteiger partial charge in [0.25, 0.3) is 0 Å². The minimum absolute atomic E-state index is 0.0907. The minimum Gasteiger partial charge on any atom is -0.480 e. The Kier molecular flexibility index (Phi) is 5.42. The van der Waals surface area contributed by atoms with Gasteiger partial charge in [0.15, 0.2) is 0 Å². The summed E-state index contributed by atoms with van der Waals surface area (Å²) in [6.45, 7) is 0.314. The van der Waals surface area contributed by atoms with Gasteiger partial charge in [-0.25, -0.2) is 4.79 Å². The molecular weight excluding hydrogens is 318 g/mol. The molecule has 4 atom stereocenters. The molecule has 25 heavy (non-hydrogen) atoms. The van der Waals surface area contributed by atoms with Gasteiger partial charge >= 0.3 is 5.97 Å². The monoisotopic (exact) mass is 345 g/mol. The number of carboxylic acid groups (broad SMARTS) is 1. The number of aliphatic carboxylic acids is 1. The molecule has 4 unspecified atom stereocenters. The number of amides is 1. The molecule has 3 rings (SSSR count). The number of hydrogen-bond acceptors (Lipinski definition) is 3. The van der Waals surface area contributed by atoms with Crippen LogP contribution < -0.4 is 5.32 Å². The van der Waals surface area contributed by atoms with Gasteiger partial charge in [-0.05, 0) is 43.1 Å². The molecule has 136 valence electrons. The van der Waals surface area contributed by atoms with Crippen molar-refractivity contribution in [3.8, 4) is 0 Å². The number of fused-ring (bicyclic) bond motifs is 2. The molecule has 0 aromatic heterocycles. The zero-order chi connectivity index (χ0) is 17.9. The first-order chi connectivity index (χ1) is 12.0. The summed E-state index contributed by atoms with van der Waals surface area (Å²) in [4.78, 5) is 24.7. The lowest BCUT2D eigenvalue weighted by Gasteiger charge is -2.37. The summed E-state index contributed by atoms with van der Waals surface area (Å²) in [7, 11) is 1.54. The van der Waals surface area contributed by atoms with Gasteiger partial charge in [-0.15, -0.1) is 0 Å². The molecule has 0 saturated heterocycles. The Balaban J connectivity index is 1.80. The highest BCUT2D eigenvalue weighted by Crippen LogP contribution is 2.57. The molecule has 5 heteroatoms. The van der Waals surface area contributed by atoms with Crippen LogP contribution in [0.3, 0.4) is 0 Å². The number of hydrogen-bond donors (Lipinski definition) is 2. The molecule has 2 N–H and O–H groups in total. The van der Waals surface area contributed by atoms with Gasteiger partial charge < -0.3 is 15.2 Å². The topological polar surface area (TPSA) is 75.6 Å². The second kappa shape index (κ2) is 7.56. The van der Waals surface area contributed by atoms with Crippen molar-refractivity contribution in [2.24, 2.45) is 17.3 Å². The van der Waals surface area contributed by atoms with Crippen molar-refractivity contribution >= 4 is 11.9 Å². The molecule has 0 spiro atoms. The normalized spacial score (nSPS) is 28.7. The van der Waals surface area contributed by atoms with Crippen molar-refractivity contribution in [2.45, 2.75) is 44.6 Å². The van der Waals surface area contributed by atoms with Crippen LogP contribution in [0.1, 0.15) is 37.7 Å². The van der Waals surface area contributed by atoms with E-state index < -0.39 is 17.4 Å². The molecule has 0 heterocycles. The maximum atomic E-state index is 13.2. The average molecular weight is 345 g/mol. The molecule has 2 fully saturated rings. The number of benzene rings is 1. The van der Waals surface area contributed by atoms with E-state index in [0.29, 0.717) is 24.9 Å². The van der Waals surface area contributed by atoms with Gasteiger partial charge in [0.2, 0.25) is 5.91 Å². The number of ether oxygens (including phenoxy) is 1. The first-order valence-electron chi connectivity index (χ1n) is 9.12. The smallest absolute Gasteiger partial charge is 0.326 e. The first-order valence-corrected chi connectivity index (χ1v) is 9.12. The third kappa shape index (κ3) is 3.71. The quantitative estimate of drug-likeness (QED) is 0.759. The molecule has 1 amide bonds. The largest absolute Gasteiger partial charge is 0.480 e. The fraction of sp³-hybridized carbons (Fsp3) is 0.600. The Morgan fingerprint density at radius 2 is 2.08 bits per heavy atom. The van der Waals surface area contributed by atoms with Gasteiger partial charge in [0, 0.05) is 20.1 Å². The van der Waals surface area contributed by atoms with E-state index in [2.05, 4.69) is 17.4 Å². The van der Waals surface area contributed by atoms with Crippen molar-refractivity contribution in [3.05, 3.63) is 35.9 Å². The highest BCUT2D eigenvalue weighted by atomic mass is 16.5. The minimum atomic E-state index is -0.997. The van der Waals surface area contributed by atoms with Crippen LogP contribution in [-0.4, -0.2) is 36.7 Å². The molecule has 2 bridgehead atoms. The van der Waals surface area contributed by atoms with Crippen LogP contribution in [0.4, 0.5) is 0 Å². The fourth-order valence-electron chi connectivity index (χ4n) is 4.77. The highest BCUT2D eigenvalue weighted by molar-refractivity contribution is 5.88. The lowest BCUT2D eigenvalue weighted by Crippen LogP contribution is -2.51. The second-order valence-electron chi connectivity index (χ2n) is 7.54. The van der Waals surface area contributed by atoms with Crippen LogP contribution in [0.15, 0.2) is 30.3 Å². The Hall–Kier alpha value is -1.88. The van der Waals surface area contributed by atoms with Crippen LogP contribution in [0.5, 0.6) is 0 Å². The van der Waals surface area contributed by atoms with Crippen molar-refractivity contribution in [1.29, 1.82) is 0 Å². The van der Waals surface area contributed by atoms with E-state index in [1.807, 2.05) is 18.2 Å². The molecule has 2 saturated carbocycles. The number of carbonyl (C=O) groups is 2. The Morgan fingerprint density at radius 1 is 1.32 bits per heavy atom. The van der Waals surface area contributed by atoms with E-state index in [0.717, 1.165) is 24.8 Å². The van der Waals surface area contributed by atoms with Gasteiger partial charge in [-0.1, -0.05) is 36.8 Å². The first kappa shape index (κ1) is 17.9. The van der Waals surface area contributed by atoms with Crippen LogP contribution in [0, 0.1) is 17.3 Å². The fourth-order valence-corrected chi connectivity index (χ4v) is 4.77. The standard InChI is InChI=1S/C20H27NO4/c1-25-10-9-17(18(22)23)21-19(24)20(12-14-5-3-2-4-6-14)13-15-7-8-16(20)11-15/h2-6,15-17H,7-13H2,1H3,(H,21,24)(H,22,23). The van der Waals surface area contributed by atoms with Gasteiger partial charge in [0.1, 0.15) is 6.04 Å². The van der Waals surface area contributed by atoms with Crippen molar-refractivity contribution in [1.82, 2.24) is 5.32 Å². The van der Waals surface area contributed by atoms with E-state index in [1.54, 1.807) is 0 Å². The average Bonchev–Trinajstić information content (AvgIpc) is 3.20. The van der Waals surface area contributed by atoms with Crippen molar-refractivity contribution < 1.29 is 19.4 Å². The SMILES string of the molecule is COCCC(NC(=O)C1(Cc2ccccc2)CC2CCC1C2)C(=O)O. The van der Waals surface area contributed by atoms with Gasteiger partial charge in [-0.2, -0.15) is 0 Å². The summed E-state index contributed by atoms with van der Waals surface area (Å²) < 4.78 is 4.99. The van der Waals surface area contributed by atoms with Crippen LogP contribution in [0.25, 0.3) is 0 Å². The van der Waals surface area contributed by atoms with Crippen LogP contribution in [0.2, 0.25) is 0 Å². The second-order valence-corrected chi connectivity index (χ2v) is 7.54. The zero-order valence-corrected chi connectivity index (χ0v) is 14.7. The van der Waals surface area contributed by atoms with E-state index in [4.69, 9.17) is 4.74 Å². The van der Waals surface area contributed by atoms with E-state index in [9.17, 15) is 14.7 Å². The summed E-state index contributed by atoms with van der Waals surface area (Å²) in [5, 5.41) is 12.2. The molecule has 5 nitrogen and oxygen atoms in total. The predicted octanol–water partition coefficient (Wildman–Crippen LogP) is 2.64. The molecule has 2 aliphatic rings. The summed E-state index contributed by atoms with van der Waals surface area (Å²) >= 11 is 0. The number of methoxy groups -OCH3 is 1. The molecule has 0 aliphatic heterocycles. The lowest BCUT2D eigenvalue weighted by atomic mass is 9.68. The number of nitrogens with one attached hydrogen (secondary N) is 1. The van der Waals surface area contributed by atoms with E-state index >= 15 is 0 Å². The molecule has 1 aromatic carbocycles. The predicted molar refractivity (Wildman–Crippen MR) is 94.1 cm³/mol. The highest BCUT2D eigenvalue weighted by Gasteiger charge is 2.55. The van der Waals surface area contributed by atoms with Gasteiger partial charge in [-0.3, -0.25) is 4.79 Å². The van der Waals surface area contributed by atoms with Gasteiger partial charge in [0.05, 0.1) is 5.41 Å². The zero-order valence-electron chi connectivity index (χ0n) is 14.7. The van der Waals surface area contributed by atoms with Crippen LogP contribution in [-0.2, 0) is 20.7 Å².